The molecule has 1 saturated heterocycles. The topological polar surface area (TPSA) is 185 Å². The van der Waals surface area contributed by atoms with Gasteiger partial charge in [0.05, 0.1) is 16.5 Å². The maximum atomic E-state index is 14.3. The number of nitrogens with one attached hydrogen (secondary N) is 3. The average Bonchev–Trinajstić information content (AvgIpc) is 3.55. The molecule has 5 atom stereocenters. The molecular formula is C33H59N5O7S. The first-order valence-corrected chi connectivity index (χ1v) is 18.0. The van der Waals surface area contributed by atoms with Crippen LogP contribution >= 0.6 is 0 Å². The van der Waals surface area contributed by atoms with Gasteiger partial charge < -0.3 is 26.6 Å². The number of urea groups is 1. The van der Waals surface area contributed by atoms with Crippen molar-refractivity contribution in [2.45, 2.75) is 138 Å². The van der Waals surface area contributed by atoms with Crippen LogP contribution in [0.25, 0.3) is 0 Å². The van der Waals surface area contributed by atoms with Gasteiger partial charge in [-0.3, -0.25) is 19.2 Å². The highest BCUT2D eigenvalue weighted by atomic mass is 32.2. The first-order valence-electron chi connectivity index (χ1n) is 16.3. The first kappa shape index (κ1) is 39.5. The molecule has 0 bridgehead atoms. The van der Waals surface area contributed by atoms with E-state index in [1.54, 1.807) is 41.5 Å². The molecule has 2 rings (SSSR count). The lowest BCUT2D eigenvalue weighted by atomic mass is 9.75. The van der Waals surface area contributed by atoms with Gasteiger partial charge in [0, 0.05) is 12.6 Å². The second-order valence-corrected chi connectivity index (χ2v) is 20.2. The smallest absolute Gasteiger partial charge is 0.315 e. The van der Waals surface area contributed by atoms with E-state index in [4.69, 9.17) is 5.73 Å². The summed E-state index contributed by atoms with van der Waals surface area (Å²) in [6.45, 7) is 21.9. The molecule has 5 N–H and O–H groups in total. The summed E-state index contributed by atoms with van der Waals surface area (Å²) in [6.07, 6.45) is 2.62. The van der Waals surface area contributed by atoms with Crippen molar-refractivity contribution in [3.8, 4) is 0 Å². The number of Topliss-reactive ketones (excluding diaryl/α,β-unsaturated/α-hetero) is 1. The third-order valence-corrected chi connectivity index (χ3v) is 11.9. The summed E-state index contributed by atoms with van der Waals surface area (Å²) < 4.78 is 25.1. The summed E-state index contributed by atoms with van der Waals surface area (Å²) in [7, 11) is -3.59. The van der Waals surface area contributed by atoms with Crippen LogP contribution in [0.4, 0.5) is 4.79 Å². The molecule has 13 heteroatoms. The predicted octanol–water partition coefficient (Wildman–Crippen LogP) is 2.93. The van der Waals surface area contributed by atoms with Crippen LogP contribution in [0.2, 0.25) is 0 Å². The van der Waals surface area contributed by atoms with E-state index in [0.717, 1.165) is 12.8 Å². The molecule has 0 aromatic heterocycles. The van der Waals surface area contributed by atoms with Crippen molar-refractivity contribution in [2.75, 3.05) is 12.3 Å². The van der Waals surface area contributed by atoms with Crippen molar-refractivity contribution in [1.82, 2.24) is 20.9 Å². The fourth-order valence-electron chi connectivity index (χ4n) is 5.74. The number of likely N-dealkylation sites (tertiary alicyclic amines) is 1. The van der Waals surface area contributed by atoms with Crippen LogP contribution in [0.1, 0.15) is 109 Å². The van der Waals surface area contributed by atoms with Crippen LogP contribution in [0, 0.1) is 28.1 Å². The highest BCUT2D eigenvalue weighted by molar-refractivity contribution is 7.92. The van der Waals surface area contributed by atoms with E-state index in [9.17, 15) is 32.4 Å². The van der Waals surface area contributed by atoms with Gasteiger partial charge in [-0.15, -0.1) is 0 Å². The summed E-state index contributed by atoms with van der Waals surface area (Å²) in [6, 6.07) is -4.55. The lowest BCUT2D eigenvalue weighted by Crippen LogP contribution is -2.62. The largest absolute Gasteiger partial charge is 0.363 e. The monoisotopic (exact) mass is 669 g/mol. The summed E-state index contributed by atoms with van der Waals surface area (Å²) in [5.41, 5.74) is 3.50. The molecule has 1 saturated carbocycles. The number of ketones is 1. The number of nitrogens with zero attached hydrogens (tertiary/aromatic N) is 1. The Morgan fingerprint density at radius 2 is 1.35 bits per heavy atom. The third-order valence-electron chi connectivity index (χ3n) is 9.26. The predicted molar refractivity (Wildman–Crippen MR) is 178 cm³/mol. The summed E-state index contributed by atoms with van der Waals surface area (Å²) in [5.74, 6) is -3.33. The summed E-state index contributed by atoms with van der Waals surface area (Å²) in [5, 5.41) is 8.37. The molecule has 0 aromatic carbocycles. The minimum atomic E-state index is -3.59. The van der Waals surface area contributed by atoms with E-state index in [1.165, 1.54) is 4.90 Å². The van der Waals surface area contributed by atoms with Crippen molar-refractivity contribution in [1.29, 1.82) is 0 Å². The number of amides is 5. The zero-order chi connectivity index (χ0) is 35.8. The zero-order valence-electron chi connectivity index (χ0n) is 30.0. The quantitative estimate of drug-likeness (QED) is 0.244. The molecule has 2 fully saturated rings. The molecule has 2 unspecified atom stereocenters. The maximum Gasteiger partial charge on any atom is 0.315 e. The van der Waals surface area contributed by atoms with E-state index >= 15 is 0 Å². The van der Waals surface area contributed by atoms with Crippen LogP contribution in [0.3, 0.4) is 0 Å². The van der Waals surface area contributed by atoms with Crippen LogP contribution in [-0.4, -0.2) is 84.1 Å². The second kappa shape index (κ2) is 13.8. The van der Waals surface area contributed by atoms with Crippen LogP contribution in [0.5, 0.6) is 0 Å². The van der Waals surface area contributed by atoms with Crippen molar-refractivity contribution in [2.24, 2.45) is 33.8 Å². The van der Waals surface area contributed by atoms with Gasteiger partial charge in [0.15, 0.2) is 9.84 Å². The van der Waals surface area contributed by atoms with E-state index < -0.39 is 84.5 Å². The Kier molecular flexibility index (Phi) is 11.8. The molecule has 46 heavy (non-hydrogen) atoms. The van der Waals surface area contributed by atoms with Gasteiger partial charge in [-0.25, -0.2) is 13.2 Å². The Hall–Kier alpha value is -2.70. The number of sulfone groups is 1. The highest BCUT2D eigenvalue weighted by Gasteiger charge is 2.50. The number of hydrogen-bond donors (Lipinski definition) is 4. The summed E-state index contributed by atoms with van der Waals surface area (Å²) in [4.78, 5) is 67.7. The molecule has 0 spiro atoms. The molecule has 1 aliphatic heterocycles. The molecule has 0 aromatic rings. The normalized spacial score (nSPS) is 21.6. The Balaban J connectivity index is 2.39. The molecule has 2 aliphatic rings. The van der Waals surface area contributed by atoms with Crippen molar-refractivity contribution in [3.05, 3.63) is 0 Å². The molecule has 0 radical (unpaired) electrons. The van der Waals surface area contributed by atoms with E-state index in [0.29, 0.717) is 12.8 Å². The Labute approximate surface area is 276 Å². The number of primary amides is 1. The minimum absolute atomic E-state index is 0.219. The standard InChI is InChI=1S/C33H59N5O7S/c1-30(2,3)20-15-16-38(23(20)27(41)35-21(17-19-13-14-19)24(39)26(34)40)28(42)25(32(7,8)9)37-29(43)36-22(31(4,5)6)18-46(44,45)33(10,11)12/h19-23,25H,13-18H2,1-12H3,(H2,34,40)(H,35,41)(H2,36,37,43)/t20?,21?,22-,23+,25-/m1/s1. The molecule has 1 aliphatic carbocycles. The fourth-order valence-corrected chi connectivity index (χ4v) is 7.26. The molecule has 12 nitrogen and oxygen atoms in total. The van der Waals surface area contributed by atoms with Gasteiger partial charge in [0.25, 0.3) is 5.91 Å². The minimum Gasteiger partial charge on any atom is -0.363 e. The zero-order valence-corrected chi connectivity index (χ0v) is 30.8. The van der Waals surface area contributed by atoms with Crippen LogP contribution < -0.4 is 21.7 Å². The first-order chi connectivity index (χ1) is 20.6. The SMILES string of the molecule is CC(C)(C)C1CCN(C(=O)[C@@H](NC(=O)N[C@H](CS(=O)(=O)C(C)(C)C)C(C)(C)C)C(C)(C)C)[C@@H]1C(=O)NC(CC1CC1)C(=O)C(N)=O. The lowest BCUT2D eigenvalue weighted by Gasteiger charge is -2.39. The van der Waals surface area contributed by atoms with Crippen molar-refractivity contribution < 1.29 is 32.4 Å². The molecule has 264 valence electrons. The van der Waals surface area contributed by atoms with Gasteiger partial charge >= 0.3 is 6.03 Å². The van der Waals surface area contributed by atoms with Crippen LogP contribution in [-0.2, 0) is 29.0 Å². The van der Waals surface area contributed by atoms with Gasteiger partial charge in [-0.1, -0.05) is 75.2 Å². The molecular weight excluding hydrogens is 610 g/mol. The van der Waals surface area contributed by atoms with Gasteiger partial charge in [-0.05, 0) is 61.7 Å². The molecule has 5 amide bonds. The van der Waals surface area contributed by atoms with E-state index in [1.807, 2.05) is 41.5 Å². The Morgan fingerprint density at radius 3 is 1.76 bits per heavy atom. The number of rotatable bonds is 11. The number of carbonyl (C=O) groups is 5. The Morgan fingerprint density at radius 1 is 0.804 bits per heavy atom. The van der Waals surface area contributed by atoms with E-state index in [-0.39, 0.29) is 24.1 Å². The van der Waals surface area contributed by atoms with Gasteiger partial charge in [0.2, 0.25) is 17.6 Å². The van der Waals surface area contributed by atoms with Gasteiger partial charge in [0.1, 0.15) is 12.1 Å². The van der Waals surface area contributed by atoms with Gasteiger partial charge in [-0.2, -0.15) is 0 Å². The third kappa shape index (κ3) is 10.1. The van der Waals surface area contributed by atoms with E-state index in [2.05, 4.69) is 16.0 Å². The number of carbonyl (C=O) groups excluding carboxylic acids is 5. The highest BCUT2D eigenvalue weighted by Crippen LogP contribution is 2.40. The average molecular weight is 670 g/mol. The lowest BCUT2D eigenvalue weighted by molar-refractivity contribution is -0.145. The number of hydrogen-bond acceptors (Lipinski definition) is 7. The fraction of sp³-hybridized carbons (Fsp3) is 0.848. The van der Waals surface area contributed by atoms with Crippen LogP contribution in [0.15, 0.2) is 0 Å². The second-order valence-electron chi connectivity index (χ2n) is 17.4. The maximum absolute atomic E-state index is 14.3. The molecule has 1 heterocycles. The van der Waals surface area contributed by atoms with Crippen molar-refractivity contribution >= 4 is 39.4 Å². The Bertz CT molecular complexity index is 1280. The summed E-state index contributed by atoms with van der Waals surface area (Å²) >= 11 is 0. The van der Waals surface area contributed by atoms with Crippen molar-refractivity contribution in [3.63, 3.8) is 0 Å². The number of nitrogens with two attached hydrogens (primary N) is 1.